The van der Waals surface area contributed by atoms with Crippen LogP contribution in [-0.2, 0) is 11.2 Å². The Kier molecular flexibility index (Phi) is 3.15. The molecule has 1 aromatic heterocycles. The van der Waals surface area contributed by atoms with Crippen molar-refractivity contribution in [1.82, 2.24) is 10.3 Å². The minimum absolute atomic E-state index is 0.335. The number of aromatic nitrogens is 1. The van der Waals surface area contributed by atoms with E-state index in [9.17, 15) is 0 Å². The maximum absolute atomic E-state index is 5.66. The molecule has 1 aliphatic heterocycles. The van der Waals surface area contributed by atoms with Crippen molar-refractivity contribution in [2.45, 2.75) is 26.4 Å². The minimum atomic E-state index is 0.335. The van der Waals surface area contributed by atoms with E-state index in [-0.39, 0.29) is 0 Å². The monoisotopic (exact) mass is 212 g/mol. The average Bonchev–Trinajstić information content (AvgIpc) is 2.47. The van der Waals surface area contributed by atoms with Crippen molar-refractivity contribution in [3.05, 3.63) is 15.6 Å². The van der Waals surface area contributed by atoms with Crippen LogP contribution in [0.15, 0.2) is 0 Å². The molecule has 0 spiro atoms. The number of morpholine rings is 1. The molecule has 4 heteroatoms. The molecule has 1 aliphatic rings. The van der Waals surface area contributed by atoms with Gasteiger partial charge in [0.25, 0.3) is 0 Å². The van der Waals surface area contributed by atoms with Gasteiger partial charge in [-0.25, -0.2) is 4.98 Å². The number of nitrogens with one attached hydrogen (secondary N) is 1. The highest BCUT2D eigenvalue weighted by atomic mass is 32.1. The molecule has 2 heterocycles. The van der Waals surface area contributed by atoms with Gasteiger partial charge >= 0.3 is 0 Å². The maximum Gasteiger partial charge on any atom is 0.0900 e. The number of thiazole rings is 1. The van der Waals surface area contributed by atoms with Gasteiger partial charge in [-0.2, -0.15) is 0 Å². The van der Waals surface area contributed by atoms with Gasteiger partial charge in [-0.15, -0.1) is 11.3 Å². The first-order chi connectivity index (χ1) is 6.75. The molecule has 0 saturated carbocycles. The predicted molar refractivity (Wildman–Crippen MR) is 57.9 cm³/mol. The number of aryl methyl sites for hydroxylation is 2. The molecule has 1 unspecified atom stereocenters. The van der Waals surface area contributed by atoms with Crippen LogP contribution in [0.5, 0.6) is 0 Å². The van der Waals surface area contributed by atoms with Crippen molar-refractivity contribution < 1.29 is 4.74 Å². The molecule has 1 fully saturated rings. The van der Waals surface area contributed by atoms with E-state index < -0.39 is 0 Å². The zero-order valence-electron chi connectivity index (χ0n) is 8.67. The van der Waals surface area contributed by atoms with Crippen molar-refractivity contribution in [3.8, 4) is 0 Å². The van der Waals surface area contributed by atoms with Crippen molar-refractivity contribution in [1.29, 1.82) is 0 Å². The summed E-state index contributed by atoms with van der Waals surface area (Å²) in [5, 5.41) is 4.49. The van der Waals surface area contributed by atoms with E-state index in [0.717, 1.165) is 31.1 Å². The fourth-order valence-corrected chi connectivity index (χ4v) is 2.72. The molecule has 1 N–H and O–H groups in total. The van der Waals surface area contributed by atoms with Gasteiger partial charge in [0.1, 0.15) is 0 Å². The van der Waals surface area contributed by atoms with Crippen molar-refractivity contribution in [2.75, 3.05) is 19.7 Å². The minimum Gasteiger partial charge on any atom is -0.375 e. The quantitative estimate of drug-likeness (QED) is 0.802. The third kappa shape index (κ3) is 2.32. The second kappa shape index (κ2) is 4.38. The molecule has 1 saturated heterocycles. The molecular formula is C10H16N2OS. The fourth-order valence-electron chi connectivity index (χ4n) is 1.72. The molecule has 0 aromatic carbocycles. The molecule has 1 aromatic rings. The van der Waals surface area contributed by atoms with E-state index in [4.69, 9.17) is 4.74 Å². The Labute approximate surface area is 88.5 Å². The third-order valence-corrected chi connectivity index (χ3v) is 3.51. The fraction of sp³-hybridized carbons (Fsp3) is 0.700. The lowest BCUT2D eigenvalue weighted by molar-refractivity contribution is 0.0296. The van der Waals surface area contributed by atoms with Crippen LogP contribution >= 0.6 is 11.3 Å². The Balaban J connectivity index is 1.98. The molecule has 3 nitrogen and oxygen atoms in total. The molecule has 1 atom stereocenters. The van der Waals surface area contributed by atoms with Crippen LogP contribution in [0.1, 0.15) is 15.6 Å². The highest BCUT2D eigenvalue weighted by Crippen LogP contribution is 2.19. The Hall–Kier alpha value is -0.450. The summed E-state index contributed by atoms with van der Waals surface area (Å²) in [6.45, 7) is 6.92. The SMILES string of the molecule is Cc1nc(C)c(CC2CNCCO2)s1. The van der Waals surface area contributed by atoms with E-state index >= 15 is 0 Å². The Bertz CT molecular complexity index is 305. The normalized spacial score (nSPS) is 22.6. The second-order valence-electron chi connectivity index (χ2n) is 3.64. The molecule has 0 radical (unpaired) electrons. The zero-order valence-corrected chi connectivity index (χ0v) is 9.49. The summed E-state index contributed by atoms with van der Waals surface area (Å²) in [6.07, 6.45) is 1.34. The summed E-state index contributed by atoms with van der Waals surface area (Å²) in [4.78, 5) is 5.79. The van der Waals surface area contributed by atoms with Crippen molar-refractivity contribution in [3.63, 3.8) is 0 Å². The van der Waals surface area contributed by atoms with Gasteiger partial charge in [0, 0.05) is 24.4 Å². The van der Waals surface area contributed by atoms with Crippen molar-refractivity contribution >= 4 is 11.3 Å². The summed E-state index contributed by atoms with van der Waals surface area (Å²) < 4.78 is 5.66. The Morgan fingerprint density at radius 2 is 2.43 bits per heavy atom. The molecule has 2 rings (SSSR count). The van der Waals surface area contributed by atoms with Gasteiger partial charge in [-0.3, -0.25) is 0 Å². The molecule has 0 bridgehead atoms. The lowest BCUT2D eigenvalue weighted by Crippen LogP contribution is -2.39. The van der Waals surface area contributed by atoms with E-state index in [1.54, 1.807) is 11.3 Å². The first-order valence-corrected chi connectivity index (χ1v) is 5.82. The molecule has 0 aliphatic carbocycles. The largest absolute Gasteiger partial charge is 0.375 e. The topological polar surface area (TPSA) is 34.2 Å². The number of rotatable bonds is 2. The standard InChI is InChI=1S/C10H16N2OS/c1-7-10(14-8(2)12-7)5-9-6-11-3-4-13-9/h9,11H,3-6H2,1-2H3. The second-order valence-corrected chi connectivity index (χ2v) is 4.93. The van der Waals surface area contributed by atoms with Crippen LogP contribution in [0, 0.1) is 13.8 Å². The summed E-state index contributed by atoms with van der Waals surface area (Å²) in [5.74, 6) is 0. The van der Waals surface area contributed by atoms with E-state index in [2.05, 4.69) is 24.1 Å². The van der Waals surface area contributed by atoms with Gasteiger partial charge in [0.2, 0.25) is 0 Å². The number of ether oxygens (including phenoxy) is 1. The molecule has 14 heavy (non-hydrogen) atoms. The lowest BCUT2D eigenvalue weighted by Gasteiger charge is -2.23. The molecule has 78 valence electrons. The Morgan fingerprint density at radius 1 is 1.57 bits per heavy atom. The first-order valence-electron chi connectivity index (χ1n) is 5.01. The van der Waals surface area contributed by atoms with Crippen LogP contribution in [0.4, 0.5) is 0 Å². The summed E-state index contributed by atoms with van der Waals surface area (Å²) in [7, 11) is 0. The molecule has 0 amide bonds. The van der Waals surface area contributed by atoms with E-state index in [1.807, 2.05) is 0 Å². The number of nitrogens with zero attached hydrogens (tertiary/aromatic N) is 1. The maximum atomic E-state index is 5.66. The van der Waals surface area contributed by atoms with Crippen LogP contribution in [-0.4, -0.2) is 30.8 Å². The average molecular weight is 212 g/mol. The highest BCUT2D eigenvalue weighted by Gasteiger charge is 2.16. The third-order valence-electron chi connectivity index (χ3n) is 2.42. The van der Waals surface area contributed by atoms with Crippen LogP contribution in [0.25, 0.3) is 0 Å². The van der Waals surface area contributed by atoms with E-state index in [0.29, 0.717) is 6.10 Å². The summed E-state index contributed by atoms with van der Waals surface area (Å²) in [6, 6.07) is 0. The van der Waals surface area contributed by atoms with Gasteiger partial charge in [-0.1, -0.05) is 0 Å². The van der Waals surface area contributed by atoms with Gasteiger partial charge in [0.05, 0.1) is 23.4 Å². The van der Waals surface area contributed by atoms with Crippen LogP contribution < -0.4 is 5.32 Å². The summed E-state index contributed by atoms with van der Waals surface area (Å²) in [5.41, 5.74) is 1.17. The first kappa shape index (κ1) is 10.1. The zero-order chi connectivity index (χ0) is 9.97. The van der Waals surface area contributed by atoms with Crippen molar-refractivity contribution in [2.24, 2.45) is 0 Å². The smallest absolute Gasteiger partial charge is 0.0900 e. The van der Waals surface area contributed by atoms with Gasteiger partial charge in [-0.05, 0) is 13.8 Å². The van der Waals surface area contributed by atoms with E-state index in [1.165, 1.54) is 10.6 Å². The lowest BCUT2D eigenvalue weighted by atomic mass is 10.2. The number of hydrogen-bond donors (Lipinski definition) is 1. The van der Waals surface area contributed by atoms with Crippen LogP contribution in [0.2, 0.25) is 0 Å². The molecular weight excluding hydrogens is 196 g/mol. The van der Waals surface area contributed by atoms with Gasteiger partial charge < -0.3 is 10.1 Å². The summed E-state index contributed by atoms with van der Waals surface area (Å²) >= 11 is 1.79. The highest BCUT2D eigenvalue weighted by molar-refractivity contribution is 7.11. The predicted octanol–water partition coefficient (Wildman–Crippen LogP) is 1.29. The number of hydrogen-bond acceptors (Lipinski definition) is 4. The Morgan fingerprint density at radius 3 is 3.00 bits per heavy atom. The van der Waals surface area contributed by atoms with Crippen LogP contribution in [0.3, 0.4) is 0 Å². The van der Waals surface area contributed by atoms with Gasteiger partial charge in [0.15, 0.2) is 0 Å².